The summed E-state index contributed by atoms with van der Waals surface area (Å²) >= 11 is 1.17. The maximum atomic E-state index is 11.9. The highest BCUT2D eigenvalue weighted by molar-refractivity contribution is 7.19. The second-order valence-electron chi connectivity index (χ2n) is 3.83. The number of methoxy groups -OCH3 is 1. The first-order valence-corrected chi connectivity index (χ1v) is 6.91. The predicted octanol–water partition coefficient (Wildman–Crippen LogP) is 1.69. The van der Waals surface area contributed by atoms with E-state index in [-0.39, 0.29) is 17.2 Å². The van der Waals surface area contributed by atoms with Gasteiger partial charge in [0.2, 0.25) is 0 Å². The van der Waals surface area contributed by atoms with E-state index in [0.29, 0.717) is 23.0 Å². The Labute approximate surface area is 116 Å². The average molecular weight is 285 g/mol. The SMILES string of the molecule is CCCNc1sc(C(=O)NCC)c(N)c1C(=O)OC. The van der Waals surface area contributed by atoms with Gasteiger partial charge in [0.15, 0.2) is 0 Å². The van der Waals surface area contributed by atoms with Crippen molar-refractivity contribution in [3.05, 3.63) is 10.4 Å². The van der Waals surface area contributed by atoms with Crippen molar-refractivity contribution in [1.29, 1.82) is 0 Å². The highest BCUT2D eigenvalue weighted by Crippen LogP contribution is 2.36. The maximum absolute atomic E-state index is 11.9. The highest BCUT2D eigenvalue weighted by atomic mass is 32.1. The molecule has 106 valence electrons. The van der Waals surface area contributed by atoms with Crippen LogP contribution in [0.1, 0.15) is 40.3 Å². The predicted molar refractivity (Wildman–Crippen MR) is 76.9 cm³/mol. The molecule has 0 aliphatic heterocycles. The smallest absolute Gasteiger partial charge is 0.343 e. The molecule has 0 spiro atoms. The lowest BCUT2D eigenvalue weighted by atomic mass is 10.2. The number of rotatable bonds is 6. The molecule has 19 heavy (non-hydrogen) atoms. The first kappa shape index (κ1) is 15.3. The van der Waals surface area contributed by atoms with Crippen molar-refractivity contribution in [2.24, 2.45) is 0 Å². The quantitative estimate of drug-likeness (QED) is 0.692. The minimum atomic E-state index is -0.539. The summed E-state index contributed by atoms with van der Waals surface area (Å²) in [7, 11) is 1.29. The van der Waals surface area contributed by atoms with Gasteiger partial charge in [0.1, 0.15) is 15.4 Å². The molecule has 6 nitrogen and oxygen atoms in total. The molecular weight excluding hydrogens is 266 g/mol. The topological polar surface area (TPSA) is 93.5 Å². The van der Waals surface area contributed by atoms with E-state index in [1.54, 1.807) is 0 Å². The lowest BCUT2D eigenvalue weighted by Crippen LogP contribution is -2.22. The van der Waals surface area contributed by atoms with Crippen molar-refractivity contribution in [3.8, 4) is 0 Å². The van der Waals surface area contributed by atoms with Gasteiger partial charge in [-0.15, -0.1) is 11.3 Å². The molecule has 1 aromatic rings. The van der Waals surface area contributed by atoms with Gasteiger partial charge in [0, 0.05) is 13.1 Å². The van der Waals surface area contributed by atoms with Crippen molar-refractivity contribution >= 4 is 33.9 Å². The zero-order chi connectivity index (χ0) is 14.4. The summed E-state index contributed by atoms with van der Waals surface area (Å²) in [6, 6.07) is 0. The standard InChI is InChI=1S/C12H19N3O3S/c1-4-6-15-11-7(12(17)18-3)8(13)9(19-11)10(16)14-5-2/h15H,4-6,13H2,1-3H3,(H,14,16). The van der Waals surface area contributed by atoms with Crippen LogP contribution in [0.2, 0.25) is 0 Å². The molecule has 0 radical (unpaired) electrons. The van der Waals surface area contributed by atoms with Crippen LogP contribution in [-0.2, 0) is 4.74 Å². The summed E-state index contributed by atoms with van der Waals surface area (Å²) in [5, 5.41) is 6.34. The minimum absolute atomic E-state index is 0.168. The average Bonchev–Trinajstić information content (AvgIpc) is 2.73. The highest BCUT2D eigenvalue weighted by Gasteiger charge is 2.25. The first-order chi connectivity index (χ1) is 9.06. The number of esters is 1. The number of hydrogen-bond acceptors (Lipinski definition) is 6. The Morgan fingerprint density at radius 1 is 1.37 bits per heavy atom. The number of thiophene rings is 1. The van der Waals surface area contributed by atoms with Crippen LogP contribution >= 0.6 is 11.3 Å². The van der Waals surface area contributed by atoms with E-state index < -0.39 is 5.97 Å². The number of anilines is 2. The molecule has 1 heterocycles. The molecule has 1 rings (SSSR count). The molecule has 0 fully saturated rings. The van der Waals surface area contributed by atoms with E-state index in [9.17, 15) is 9.59 Å². The van der Waals surface area contributed by atoms with Crippen molar-refractivity contribution in [2.45, 2.75) is 20.3 Å². The molecule has 1 amide bonds. The summed E-state index contributed by atoms with van der Waals surface area (Å²) in [6.07, 6.45) is 0.898. The summed E-state index contributed by atoms with van der Waals surface area (Å²) in [4.78, 5) is 23.9. The molecule has 0 bridgehead atoms. The second-order valence-corrected chi connectivity index (χ2v) is 4.85. The molecule has 0 saturated carbocycles. The molecule has 0 aliphatic carbocycles. The van der Waals surface area contributed by atoms with Gasteiger partial charge in [-0.05, 0) is 13.3 Å². The Bertz CT molecular complexity index is 471. The Morgan fingerprint density at radius 3 is 2.58 bits per heavy atom. The van der Waals surface area contributed by atoms with Crippen molar-refractivity contribution in [1.82, 2.24) is 5.32 Å². The van der Waals surface area contributed by atoms with Crippen LogP contribution in [0.5, 0.6) is 0 Å². The zero-order valence-electron chi connectivity index (χ0n) is 11.3. The molecule has 0 saturated heterocycles. The molecule has 0 aromatic carbocycles. The lowest BCUT2D eigenvalue weighted by molar-refractivity contribution is 0.0603. The number of carbonyl (C=O) groups is 2. The molecule has 4 N–H and O–H groups in total. The van der Waals surface area contributed by atoms with Crippen molar-refractivity contribution in [2.75, 3.05) is 31.2 Å². The molecule has 0 atom stereocenters. The van der Waals surface area contributed by atoms with Crippen molar-refractivity contribution in [3.63, 3.8) is 0 Å². The van der Waals surface area contributed by atoms with Gasteiger partial charge in [-0.1, -0.05) is 6.92 Å². The third kappa shape index (κ3) is 3.37. The van der Waals surface area contributed by atoms with Gasteiger partial charge in [-0.25, -0.2) is 4.79 Å². The third-order valence-corrected chi connectivity index (χ3v) is 3.58. The van der Waals surface area contributed by atoms with Crippen molar-refractivity contribution < 1.29 is 14.3 Å². The Hall–Kier alpha value is -1.76. The fourth-order valence-corrected chi connectivity index (χ4v) is 2.57. The number of nitrogens with two attached hydrogens (primary N) is 1. The van der Waals surface area contributed by atoms with Crippen LogP contribution in [0.15, 0.2) is 0 Å². The first-order valence-electron chi connectivity index (χ1n) is 6.09. The fourth-order valence-electron chi connectivity index (χ4n) is 1.52. The fraction of sp³-hybridized carbons (Fsp3) is 0.500. The van der Waals surface area contributed by atoms with Gasteiger partial charge in [-0.2, -0.15) is 0 Å². The summed E-state index contributed by atoms with van der Waals surface area (Å²) in [5.41, 5.74) is 6.30. The maximum Gasteiger partial charge on any atom is 0.343 e. The Balaban J connectivity index is 3.18. The monoisotopic (exact) mass is 285 g/mol. The van der Waals surface area contributed by atoms with Crippen LogP contribution in [0.3, 0.4) is 0 Å². The Kier molecular flexibility index (Phi) is 5.62. The van der Waals surface area contributed by atoms with Crippen LogP contribution in [-0.4, -0.2) is 32.1 Å². The second kappa shape index (κ2) is 6.98. The minimum Gasteiger partial charge on any atom is -0.465 e. The number of carbonyl (C=O) groups excluding carboxylic acids is 2. The normalized spacial score (nSPS) is 10.1. The number of ether oxygens (including phenoxy) is 1. The third-order valence-electron chi connectivity index (χ3n) is 2.41. The van der Waals surface area contributed by atoms with E-state index in [1.165, 1.54) is 18.4 Å². The van der Waals surface area contributed by atoms with Gasteiger partial charge < -0.3 is 21.1 Å². The van der Waals surface area contributed by atoms with Crippen LogP contribution in [0.4, 0.5) is 10.7 Å². The van der Waals surface area contributed by atoms with E-state index in [1.807, 2.05) is 13.8 Å². The van der Waals surface area contributed by atoms with Gasteiger partial charge in [-0.3, -0.25) is 4.79 Å². The van der Waals surface area contributed by atoms with Gasteiger partial charge in [0.25, 0.3) is 5.91 Å². The van der Waals surface area contributed by atoms with E-state index >= 15 is 0 Å². The molecule has 7 heteroatoms. The number of hydrogen-bond donors (Lipinski definition) is 3. The van der Waals surface area contributed by atoms with E-state index in [2.05, 4.69) is 10.6 Å². The van der Waals surface area contributed by atoms with E-state index in [4.69, 9.17) is 10.5 Å². The van der Waals surface area contributed by atoms with Gasteiger partial charge in [0.05, 0.1) is 12.8 Å². The molecule has 0 unspecified atom stereocenters. The van der Waals surface area contributed by atoms with Crippen LogP contribution < -0.4 is 16.4 Å². The summed E-state index contributed by atoms with van der Waals surface area (Å²) < 4.78 is 4.71. The summed E-state index contributed by atoms with van der Waals surface area (Å²) in [6.45, 7) is 5.02. The lowest BCUT2D eigenvalue weighted by Gasteiger charge is -2.04. The molecular formula is C12H19N3O3S. The van der Waals surface area contributed by atoms with Crippen LogP contribution in [0, 0.1) is 0 Å². The number of nitrogens with one attached hydrogen (secondary N) is 2. The Morgan fingerprint density at radius 2 is 2.05 bits per heavy atom. The molecule has 0 aliphatic rings. The van der Waals surface area contributed by atoms with Gasteiger partial charge >= 0.3 is 5.97 Å². The van der Waals surface area contributed by atoms with E-state index in [0.717, 1.165) is 6.42 Å². The summed E-state index contributed by atoms with van der Waals surface area (Å²) in [5.74, 6) is -0.817. The zero-order valence-corrected chi connectivity index (χ0v) is 12.1. The van der Waals surface area contributed by atoms with Crippen LogP contribution in [0.25, 0.3) is 0 Å². The largest absolute Gasteiger partial charge is 0.465 e. The molecule has 1 aromatic heterocycles. The number of nitrogen functional groups attached to an aromatic ring is 1. The number of amides is 1.